The zero-order valence-corrected chi connectivity index (χ0v) is 8.40. The first-order valence-electron chi connectivity index (χ1n) is 4.73. The van der Waals surface area contributed by atoms with Crippen LogP contribution in [-0.2, 0) is 11.2 Å². The predicted molar refractivity (Wildman–Crippen MR) is 53.3 cm³/mol. The van der Waals surface area contributed by atoms with E-state index in [1.54, 1.807) is 13.2 Å². The summed E-state index contributed by atoms with van der Waals surface area (Å²) in [6.45, 7) is 0.232. The summed E-state index contributed by atoms with van der Waals surface area (Å²) in [5.74, 6) is 0.205. The first-order valence-corrected chi connectivity index (χ1v) is 4.73. The number of carboxylic acids is 1. The molecule has 15 heavy (non-hydrogen) atoms. The van der Waals surface area contributed by atoms with Crippen LogP contribution in [0.25, 0.3) is 0 Å². The molecule has 80 valence electrons. The molecule has 0 amide bonds. The summed E-state index contributed by atoms with van der Waals surface area (Å²) < 4.78 is 10.4. The van der Waals surface area contributed by atoms with E-state index in [9.17, 15) is 4.79 Å². The summed E-state index contributed by atoms with van der Waals surface area (Å²) >= 11 is 0. The van der Waals surface area contributed by atoms with Crippen LogP contribution < -0.4 is 9.47 Å². The van der Waals surface area contributed by atoms with E-state index in [0.717, 1.165) is 17.1 Å². The molecule has 1 heterocycles. The Kier molecular flexibility index (Phi) is 2.49. The molecule has 4 heteroatoms. The number of rotatable bonds is 2. The van der Waals surface area contributed by atoms with Crippen LogP contribution in [0.2, 0.25) is 0 Å². The Hall–Kier alpha value is -1.71. The monoisotopic (exact) mass is 208 g/mol. The van der Waals surface area contributed by atoms with Gasteiger partial charge in [-0.1, -0.05) is 6.07 Å². The number of hydrogen-bond acceptors (Lipinski definition) is 3. The van der Waals surface area contributed by atoms with Gasteiger partial charge in [0.1, 0.15) is 18.1 Å². The molecule has 2 rings (SSSR count). The predicted octanol–water partition coefficient (Wildman–Crippen LogP) is 1.33. The number of methoxy groups -OCH3 is 1. The molecule has 1 aromatic carbocycles. The van der Waals surface area contributed by atoms with Crippen LogP contribution in [0.3, 0.4) is 0 Å². The molecule has 1 aromatic rings. The third-order valence-corrected chi connectivity index (χ3v) is 2.53. The van der Waals surface area contributed by atoms with Crippen molar-refractivity contribution in [2.24, 2.45) is 5.92 Å². The van der Waals surface area contributed by atoms with E-state index < -0.39 is 11.9 Å². The van der Waals surface area contributed by atoms with Crippen molar-refractivity contribution in [3.63, 3.8) is 0 Å². The average molecular weight is 208 g/mol. The summed E-state index contributed by atoms with van der Waals surface area (Å²) in [7, 11) is 1.59. The molecule has 1 N–H and O–H groups in total. The summed E-state index contributed by atoms with van der Waals surface area (Å²) in [6.07, 6.45) is 0.522. The lowest BCUT2D eigenvalue weighted by Gasteiger charge is -2.22. The lowest BCUT2D eigenvalue weighted by molar-refractivity contribution is -0.143. The van der Waals surface area contributed by atoms with Gasteiger partial charge in [-0.15, -0.1) is 0 Å². The van der Waals surface area contributed by atoms with Crippen LogP contribution >= 0.6 is 0 Å². The molecular formula is C11H12O4. The van der Waals surface area contributed by atoms with Crippen LogP contribution in [0, 0.1) is 5.92 Å². The summed E-state index contributed by atoms with van der Waals surface area (Å²) in [5.41, 5.74) is 0.925. The Morgan fingerprint density at radius 3 is 3.07 bits per heavy atom. The molecule has 0 saturated carbocycles. The van der Waals surface area contributed by atoms with Crippen molar-refractivity contribution in [1.82, 2.24) is 0 Å². The number of benzene rings is 1. The second-order valence-corrected chi connectivity index (χ2v) is 3.52. The molecular weight excluding hydrogens is 196 g/mol. The van der Waals surface area contributed by atoms with Crippen molar-refractivity contribution in [3.05, 3.63) is 23.8 Å². The molecule has 0 saturated heterocycles. The van der Waals surface area contributed by atoms with Gasteiger partial charge in [-0.05, 0) is 18.1 Å². The van der Waals surface area contributed by atoms with Gasteiger partial charge in [-0.2, -0.15) is 0 Å². The third kappa shape index (κ3) is 1.88. The molecule has 0 bridgehead atoms. The molecule has 0 aliphatic carbocycles. The fourth-order valence-corrected chi connectivity index (χ4v) is 1.64. The standard InChI is InChI=1S/C11H12O4/c1-14-9-3-2-7-4-8(11(12)13)6-15-10(7)5-9/h2-3,5,8H,4,6H2,1H3,(H,12,13)/t8-/m0/s1. The highest BCUT2D eigenvalue weighted by atomic mass is 16.5. The number of ether oxygens (including phenoxy) is 2. The summed E-state index contributed by atoms with van der Waals surface area (Å²) in [5, 5.41) is 8.86. The zero-order chi connectivity index (χ0) is 10.8. The minimum Gasteiger partial charge on any atom is -0.497 e. The lowest BCUT2D eigenvalue weighted by atomic mass is 9.97. The van der Waals surface area contributed by atoms with Gasteiger partial charge in [0, 0.05) is 6.07 Å². The van der Waals surface area contributed by atoms with Gasteiger partial charge < -0.3 is 14.6 Å². The van der Waals surface area contributed by atoms with Gasteiger partial charge >= 0.3 is 5.97 Å². The second kappa shape index (κ2) is 3.81. The van der Waals surface area contributed by atoms with Crippen molar-refractivity contribution in [3.8, 4) is 11.5 Å². The molecule has 4 nitrogen and oxygen atoms in total. The number of carbonyl (C=O) groups is 1. The van der Waals surface area contributed by atoms with Crippen molar-refractivity contribution < 1.29 is 19.4 Å². The number of fused-ring (bicyclic) bond motifs is 1. The van der Waals surface area contributed by atoms with E-state index in [4.69, 9.17) is 14.6 Å². The first-order chi connectivity index (χ1) is 7.20. The Morgan fingerprint density at radius 2 is 2.40 bits per heavy atom. The maximum atomic E-state index is 10.8. The Morgan fingerprint density at radius 1 is 1.60 bits per heavy atom. The van der Waals surface area contributed by atoms with E-state index >= 15 is 0 Å². The van der Waals surface area contributed by atoms with Crippen molar-refractivity contribution >= 4 is 5.97 Å². The lowest BCUT2D eigenvalue weighted by Crippen LogP contribution is -2.27. The molecule has 0 unspecified atom stereocenters. The largest absolute Gasteiger partial charge is 0.497 e. The molecule has 0 aromatic heterocycles. The number of hydrogen-bond donors (Lipinski definition) is 1. The maximum Gasteiger partial charge on any atom is 0.310 e. The minimum atomic E-state index is -0.809. The fraction of sp³-hybridized carbons (Fsp3) is 0.364. The smallest absolute Gasteiger partial charge is 0.310 e. The van der Waals surface area contributed by atoms with Crippen LogP contribution in [0.4, 0.5) is 0 Å². The van der Waals surface area contributed by atoms with Crippen molar-refractivity contribution in [1.29, 1.82) is 0 Å². The normalized spacial score (nSPS) is 18.9. The molecule has 0 radical (unpaired) electrons. The van der Waals surface area contributed by atoms with Crippen LogP contribution in [0.1, 0.15) is 5.56 Å². The Balaban J connectivity index is 2.24. The van der Waals surface area contributed by atoms with Gasteiger partial charge in [0.15, 0.2) is 0 Å². The SMILES string of the molecule is COc1ccc2c(c1)OC[C@@H](C(=O)O)C2. The van der Waals surface area contributed by atoms with Gasteiger partial charge in [-0.25, -0.2) is 0 Å². The molecule has 1 atom stereocenters. The van der Waals surface area contributed by atoms with Crippen LogP contribution in [-0.4, -0.2) is 24.8 Å². The van der Waals surface area contributed by atoms with E-state index in [0.29, 0.717) is 6.42 Å². The van der Waals surface area contributed by atoms with Gasteiger partial charge in [-0.3, -0.25) is 4.79 Å². The second-order valence-electron chi connectivity index (χ2n) is 3.52. The average Bonchev–Trinajstić information content (AvgIpc) is 2.27. The van der Waals surface area contributed by atoms with E-state index in [1.807, 2.05) is 12.1 Å². The Bertz CT molecular complexity index is 386. The minimum absolute atomic E-state index is 0.232. The van der Waals surface area contributed by atoms with Crippen LogP contribution in [0.5, 0.6) is 11.5 Å². The van der Waals surface area contributed by atoms with Crippen molar-refractivity contribution in [2.45, 2.75) is 6.42 Å². The highest BCUT2D eigenvalue weighted by Gasteiger charge is 2.25. The fourth-order valence-electron chi connectivity index (χ4n) is 1.64. The van der Waals surface area contributed by atoms with E-state index in [2.05, 4.69) is 0 Å². The maximum absolute atomic E-state index is 10.8. The van der Waals surface area contributed by atoms with Gasteiger partial charge in [0.2, 0.25) is 0 Å². The zero-order valence-electron chi connectivity index (χ0n) is 8.40. The molecule has 0 spiro atoms. The number of aliphatic carboxylic acids is 1. The highest BCUT2D eigenvalue weighted by molar-refractivity contribution is 5.71. The van der Waals surface area contributed by atoms with Gasteiger partial charge in [0.05, 0.1) is 13.0 Å². The quantitative estimate of drug-likeness (QED) is 0.796. The molecule has 1 aliphatic heterocycles. The number of carboxylic acid groups (broad SMARTS) is 1. The summed E-state index contributed by atoms with van der Waals surface area (Å²) in [4.78, 5) is 10.8. The molecule has 1 aliphatic rings. The van der Waals surface area contributed by atoms with Crippen LogP contribution in [0.15, 0.2) is 18.2 Å². The van der Waals surface area contributed by atoms with Gasteiger partial charge in [0.25, 0.3) is 0 Å². The Labute approximate surface area is 87.4 Å². The summed E-state index contributed by atoms with van der Waals surface area (Å²) in [6, 6.07) is 5.45. The van der Waals surface area contributed by atoms with E-state index in [-0.39, 0.29) is 6.61 Å². The topological polar surface area (TPSA) is 55.8 Å². The highest BCUT2D eigenvalue weighted by Crippen LogP contribution is 2.30. The van der Waals surface area contributed by atoms with E-state index in [1.165, 1.54) is 0 Å². The third-order valence-electron chi connectivity index (χ3n) is 2.53. The first kappa shape index (κ1) is 9.83. The molecule has 0 fully saturated rings. The van der Waals surface area contributed by atoms with Crippen molar-refractivity contribution in [2.75, 3.05) is 13.7 Å².